The molecule has 0 amide bonds. The lowest BCUT2D eigenvalue weighted by molar-refractivity contribution is -0.141. The van der Waals surface area contributed by atoms with Crippen molar-refractivity contribution in [2.45, 2.75) is 19.4 Å². The van der Waals surface area contributed by atoms with Crippen LogP contribution in [0.25, 0.3) is 0 Å². The van der Waals surface area contributed by atoms with Gasteiger partial charge in [-0.05, 0) is 13.0 Å². The Morgan fingerprint density at radius 3 is 2.19 bits per heavy atom. The minimum Gasteiger partial charge on any atom is -0.496 e. The first-order valence-electron chi connectivity index (χ1n) is 6.51. The first kappa shape index (κ1) is 15.2. The summed E-state index contributed by atoms with van der Waals surface area (Å²) in [4.78, 5) is 23.3. The van der Waals surface area contributed by atoms with E-state index < -0.39 is 18.0 Å². The zero-order chi connectivity index (χ0) is 15.6. The lowest BCUT2D eigenvalue weighted by atomic mass is 9.91. The van der Waals surface area contributed by atoms with Gasteiger partial charge in [0.2, 0.25) is 0 Å². The molecule has 1 aromatic carbocycles. The molecule has 1 aliphatic heterocycles. The third-order valence-electron chi connectivity index (χ3n) is 3.58. The Kier molecular flexibility index (Phi) is 4.35. The molecule has 6 heteroatoms. The third kappa shape index (κ3) is 2.79. The van der Waals surface area contributed by atoms with Crippen molar-refractivity contribution in [1.29, 1.82) is 0 Å². The van der Waals surface area contributed by atoms with Crippen molar-refractivity contribution in [3.8, 4) is 17.2 Å². The summed E-state index contributed by atoms with van der Waals surface area (Å²) in [6.07, 6.45) is -0.581. The maximum Gasteiger partial charge on any atom is 0.307 e. The summed E-state index contributed by atoms with van der Waals surface area (Å²) < 4.78 is 21.1. The highest BCUT2D eigenvalue weighted by molar-refractivity contribution is 5.87. The standard InChI is InChI=1S/C15H18O6/c1-8(16)9-6-14(17)21-15(9)10-5-12(19-3)13(20-4)7-11(10)18-2/h5,7,9,15H,6H2,1-4H3/t9-,15+/m0/s1. The van der Waals surface area contributed by atoms with Crippen molar-refractivity contribution in [1.82, 2.24) is 0 Å². The van der Waals surface area contributed by atoms with Crippen molar-refractivity contribution in [3.63, 3.8) is 0 Å². The number of carbonyl (C=O) groups is 2. The molecule has 0 saturated carbocycles. The SMILES string of the molecule is COc1cc(OC)c([C@@H]2OC(=O)C[C@H]2C(C)=O)cc1OC. The van der Waals surface area contributed by atoms with E-state index in [4.69, 9.17) is 18.9 Å². The van der Waals surface area contributed by atoms with E-state index in [-0.39, 0.29) is 12.2 Å². The van der Waals surface area contributed by atoms with Gasteiger partial charge >= 0.3 is 5.97 Å². The monoisotopic (exact) mass is 294 g/mol. The summed E-state index contributed by atoms with van der Waals surface area (Å²) in [5.74, 6) is 0.475. The molecule has 6 nitrogen and oxygen atoms in total. The lowest BCUT2D eigenvalue weighted by Crippen LogP contribution is -2.16. The number of methoxy groups -OCH3 is 3. The second-order valence-corrected chi connectivity index (χ2v) is 4.78. The molecule has 21 heavy (non-hydrogen) atoms. The maximum absolute atomic E-state index is 11.7. The molecule has 0 unspecified atom stereocenters. The maximum atomic E-state index is 11.7. The van der Waals surface area contributed by atoms with Gasteiger partial charge in [0.25, 0.3) is 0 Å². The molecule has 2 rings (SSSR count). The predicted octanol–water partition coefficient (Wildman–Crippen LogP) is 1.91. The molecule has 1 heterocycles. The van der Waals surface area contributed by atoms with Gasteiger partial charge in [-0.15, -0.1) is 0 Å². The zero-order valence-corrected chi connectivity index (χ0v) is 12.5. The molecular weight excluding hydrogens is 276 g/mol. The number of benzene rings is 1. The Bertz CT molecular complexity index is 566. The van der Waals surface area contributed by atoms with Gasteiger partial charge < -0.3 is 18.9 Å². The highest BCUT2D eigenvalue weighted by atomic mass is 16.6. The van der Waals surface area contributed by atoms with E-state index in [1.165, 1.54) is 28.3 Å². The van der Waals surface area contributed by atoms with Crippen LogP contribution < -0.4 is 14.2 Å². The van der Waals surface area contributed by atoms with Gasteiger partial charge in [-0.25, -0.2) is 0 Å². The number of carbonyl (C=O) groups excluding carboxylic acids is 2. The molecule has 0 spiro atoms. The third-order valence-corrected chi connectivity index (χ3v) is 3.58. The Morgan fingerprint density at radius 1 is 1.10 bits per heavy atom. The average molecular weight is 294 g/mol. The van der Waals surface area contributed by atoms with Crippen LogP contribution in [-0.2, 0) is 14.3 Å². The number of ether oxygens (including phenoxy) is 4. The van der Waals surface area contributed by atoms with E-state index in [1.54, 1.807) is 12.1 Å². The molecule has 1 fully saturated rings. The van der Waals surface area contributed by atoms with Crippen molar-refractivity contribution in [2.24, 2.45) is 5.92 Å². The van der Waals surface area contributed by atoms with Gasteiger partial charge in [0.1, 0.15) is 17.6 Å². The Morgan fingerprint density at radius 2 is 1.67 bits per heavy atom. The molecule has 1 aliphatic rings. The summed E-state index contributed by atoms with van der Waals surface area (Å²) in [7, 11) is 4.53. The Labute approximate surface area is 122 Å². The van der Waals surface area contributed by atoms with Crippen LogP contribution in [0, 0.1) is 5.92 Å². The van der Waals surface area contributed by atoms with E-state index >= 15 is 0 Å². The van der Waals surface area contributed by atoms with Crippen LogP contribution in [0.4, 0.5) is 0 Å². The first-order valence-corrected chi connectivity index (χ1v) is 6.51. The highest BCUT2D eigenvalue weighted by Crippen LogP contribution is 2.44. The van der Waals surface area contributed by atoms with E-state index in [1.807, 2.05) is 0 Å². The van der Waals surface area contributed by atoms with Crippen LogP contribution in [-0.4, -0.2) is 33.1 Å². The normalized spacial score (nSPS) is 20.9. The number of hydrogen-bond acceptors (Lipinski definition) is 6. The van der Waals surface area contributed by atoms with E-state index in [0.717, 1.165) is 0 Å². The van der Waals surface area contributed by atoms with Gasteiger partial charge in [0, 0.05) is 11.6 Å². The molecule has 1 saturated heterocycles. The largest absolute Gasteiger partial charge is 0.496 e. The van der Waals surface area contributed by atoms with E-state index in [0.29, 0.717) is 22.8 Å². The Balaban J connectivity index is 2.51. The van der Waals surface area contributed by atoms with Crippen LogP contribution in [0.15, 0.2) is 12.1 Å². The topological polar surface area (TPSA) is 71.1 Å². The molecular formula is C15H18O6. The second kappa shape index (κ2) is 6.03. The second-order valence-electron chi connectivity index (χ2n) is 4.78. The van der Waals surface area contributed by atoms with Gasteiger partial charge in [-0.2, -0.15) is 0 Å². The number of esters is 1. The summed E-state index contributed by atoms with van der Waals surface area (Å²) in [5.41, 5.74) is 0.598. The van der Waals surface area contributed by atoms with Gasteiger partial charge in [-0.1, -0.05) is 0 Å². The van der Waals surface area contributed by atoms with Crippen molar-refractivity contribution in [3.05, 3.63) is 17.7 Å². The summed E-state index contributed by atoms with van der Waals surface area (Å²) in [5, 5.41) is 0. The molecule has 1 aromatic rings. The Hall–Kier alpha value is -2.24. The summed E-state index contributed by atoms with van der Waals surface area (Å²) >= 11 is 0. The van der Waals surface area contributed by atoms with E-state index in [2.05, 4.69) is 0 Å². The molecule has 0 radical (unpaired) electrons. The predicted molar refractivity (Wildman–Crippen MR) is 73.7 cm³/mol. The fourth-order valence-corrected chi connectivity index (χ4v) is 2.47. The molecule has 0 aromatic heterocycles. The van der Waals surface area contributed by atoms with Gasteiger partial charge in [0.05, 0.1) is 33.7 Å². The number of cyclic esters (lactones) is 1. The highest BCUT2D eigenvalue weighted by Gasteiger charge is 2.40. The van der Waals surface area contributed by atoms with Crippen LogP contribution in [0.5, 0.6) is 17.2 Å². The number of hydrogen-bond donors (Lipinski definition) is 0. The average Bonchev–Trinajstić information content (AvgIpc) is 2.87. The zero-order valence-electron chi connectivity index (χ0n) is 12.5. The lowest BCUT2D eigenvalue weighted by Gasteiger charge is -2.20. The van der Waals surface area contributed by atoms with Crippen molar-refractivity contribution in [2.75, 3.05) is 21.3 Å². The molecule has 114 valence electrons. The smallest absolute Gasteiger partial charge is 0.307 e. The van der Waals surface area contributed by atoms with Crippen molar-refractivity contribution >= 4 is 11.8 Å². The number of rotatable bonds is 5. The molecule has 0 bridgehead atoms. The van der Waals surface area contributed by atoms with Crippen LogP contribution in [0.3, 0.4) is 0 Å². The van der Waals surface area contributed by atoms with E-state index in [9.17, 15) is 9.59 Å². The fourth-order valence-electron chi connectivity index (χ4n) is 2.47. The quantitative estimate of drug-likeness (QED) is 0.772. The molecule has 0 aliphatic carbocycles. The minimum atomic E-state index is -0.662. The van der Waals surface area contributed by atoms with Gasteiger partial charge in [0.15, 0.2) is 11.5 Å². The summed E-state index contributed by atoms with van der Waals surface area (Å²) in [6.45, 7) is 1.45. The van der Waals surface area contributed by atoms with Gasteiger partial charge in [-0.3, -0.25) is 9.59 Å². The molecule has 2 atom stereocenters. The van der Waals surface area contributed by atoms with Crippen LogP contribution in [0.1, 0.15) is 25.0 Å². The number of ketones is 1. The van der Waals surface area contributed by atoms with Crippen LogP contribution in [0.2, 0.25) is 0 Å². The van der Waals surface area contributed by atoms with Crippen molar-refractivity contribution < 1.29 is 28.5 Å². The molecule has 0 N–H and O–H groups in total. The summed E-state index contributed by atoms with van der Waals surface area (Å²) in [6, 6.07) is 3.33. The minimum absolute atomic E-state index is 0.0809. The number of Topliss-reactive ketones (excluding diaryl/α,β-unsaturated/α-hetero) is 1. The first-order chi connectivity index (χ1) is 10.0. The fraction of sp³-hybridized carbons (Fsp3) is 0.467. The van der Waals surface area contributed by atoms with Crippen LogP contribution >= 0.6 is 0 Å².